The topological polar surface area (TPSA) is 112 Å². The second kappa shape index (κ2) is 13.6. The molecule has 3 aromatic carbocycles. The van der Waals surface area contributed by atoms with Crippen molar-refractivity contribution in [3.8, 4) is 11.5 Å². The van der Waals surface area contributed by atoms with Crippen LogP contribution in [0.1, 0.15) is 135 Å². The van der Waals surface area contributed by atoms with Gasteiger partial charge in [-0.05, 0) is 80.7 Å². The summed E-state index contributed by atoms with van der Waals surface area (Å²) in [4.78, 5) is 37.6. The van der Waals surface area contributed by atoms with Crippen LogP contribution in [0.3, 0.4) is 0 Å². The zero-order chi connectivity index (χ0) is 35.9. The molecular formula is C42H50O6. The molecule has 6 nitrogen and oxygen atoms in total. The molecule has 1 aliphatic carbocycles. The van der Waals surface area contributed by atoms with E-state index in [9.17, 15) is 29.7 Å². The Labute approximate surface area is 285 Å². The number of carbonyl (C=O) groups is 3. The fraction of sp³-hybridized carbons (Fsp3) is 0.405. The van der Waals surface area contributed by atoms with Gasteiger partial charge >= 0.3 is 0 Å². The van der Waals surface area contributed by atoms with Crippen molar-refractivity contribution in [2.24, 2.45) is 17.8 Å². The molecule has 0 saturated carbocycles. The molecule has 0 spiro atoms. The van der Waals surface area contributed by atoms with Gasteiger partial charge in [-0.2, -0.15) is 0 Å². The third-order valence-corrected chi connectivity index (χ3v) is 10.7. The van der Waals surface area contributed by atoms with Gasteiger partial charge in [0, 0.05) is 16.4 Å². The van der Waals surface area contributed by atoms with Crippen molar-refractivity contribution in [2.75, 3.05) is 0 Å². The molecule has 3 unspecified atom stereocenters. The molecule has 0 aliphatic heterocycles. The van der Waals surface area contributed by atoms with E-state index in [1.165, 1.54) is 0 Å². The van der Waals surface area contributed by atoms with Crippen LogP contribution in [0, 0.1) is 17.8 Å². The largest absolute Gasteiger partial charge is 0.515 e. The van der Waals surface area contributed by atoms with Gasteiger partial charge in [0.05, 0.1) is 17.4 Å². The summed E-state index contributed by atoms with van der Waals surface area (Å²) in [5.74, 6) is -0.968. The van der Waals surface area contributed by atoms with E-state index in [4.69, 9.17) is 0 Å². The summed E-state index contributed by atoms with van der Waals surface area (Å²) in [7, 11) is 0. The number of phenols is 2. The lowest BCUT2D eigenvalue weighted by atomic mass is 9.58. The van der Waals surface area contributed by atoms with Crippen molar-refractivity contribution in [3.63, 3.8) is 0 Å². The second-order valence-corrected chi connectivity index (χ2v) is 15.0. The highest BCUT2D eigenvalue weighted by atomic mass is 16.3. The Kier molecular flexibility index (Phi) is 10.3. The number of hydrogen-bond donors (Lipinski definition) is 3. The van der Waals surface area contributed by atoms with Crippen LogP contribution in [-0.4, -0.2) is 33.7 Å². The predicted octanol–water partition coefficient (Wildman–Crippen LogP) is 9.46. The van der Waals surface area contributed by atoms with Crippen LogP contribution < -0.4 is 0 Å². The Morgan fingerprint density at radius 2 is 1.15 bits per heavy atom. The molecule has 0 radical (unpaired) electrons. The fourth-order valence-electron chi connectivity index (χ4n) is 7.31. The zero-order valence-corrected chi connectivity index (χ0v) is 29.9. The predicted molar refractivity (Wildman–Crippen MR) is 191 cm³/mol. The molecule has 3 aromatic rings. The van der Waals surface area contributed by atoms with Gasteiger partial charge in [-0.25, -0.2) is 0 Å². The van der Waals surface area contributed by atoms with Gasteiger partial charge in [0.15, 0.2) is 18.4 Å². The van der Waals surface area contributed by atoms with Gasteiger partial charge in [0.25, 0.3) is 0 Å². The van der Waals surface area contributed by atoms with Crippen LogP contribution in [0.2, 0.25) is 0 Å². The summed E-state index contributed by atoms with van der Waals surface area (Å²) in [6.07, 6.45) is 4.34. The molecule has 0 bridgehead atoms. The normalized spacial score (nSPS) is 19.1. The second-order valence-electron chi connectivity index (χ2n) is 15.0. The average Bonchev–Trinajstić information content (AvgIpc) is 3.04. The zero-order valence-electron chi connectivity index (χ0n) is 29.9. The maximum Gasteiger partial charge on any atom is 0.188 e. The summed E-state index contributed by atoms with van der Waals surface area (Å²) in [6, 6.07) is 15.7. The van der Waals surface area contributed by atoms with Gasteiger partial charge in [-0.1, -0.05) is 112 Å². The highest BCUT2D eigenvalue weighted by molar-refractivity contribution is 6.09. The minimum atomic E-state index is -0.805. The highest BCUT2D eigenvalue weighted by Crippen LogP contribution is 2.50. The number of aliphatic hydroxyl groups excluding tert-OH is 1. The number of rotatable bonds is 10. The molecule has 0 aromatic heterocycles. The number of carbonyl (C=O) groups excluding carboxylic acids is 3. The maximum absolute atomic E-state index is 13.5. The molecule has 0 heterocycles. The van der Waals surface area contributed by atoms with Crippen LogP contribution in [-0.2, 0) is 15.6 Å². The number of Topliss-reactive ketones (excluding diaryl/α,β-unsaturated/α-hetero) is 1. The molecule has 1 aliphatic rings. The van der Waals surface area contributed by atoms with E-state index in [2.05, 4.69) is 45.0 Å². The number of aromatic hydroxyl groups is 2. The van der Waals surface area contributed by atoms with Crippen molar-refractivity contribution >= 4 is 18.4 Å². The third kappa shape index (κ3) is 6.13. The summed E-state index contributed by atoms with van der Waals surface area (Å²) in [5, 5.41) is 32.0. The molecule has 0 saturated heterocycles. The SMILES string of the molecule is CC(C)C1=CC(C(C)(c2ccc(C(C)(C)c3cc(C=O)c(O)c(C(C)C)c3)cc2)c2cc(C=O)c(O)c(C(C)C)c2)C(C)C(=CO)C1=O. The highest BCUT2D eigenvalue weighted by Gasteiger charge is 2.46. The van der Waals surface area contributed by atoms with Crippen LogP contribution in [0.4, 0.5) is 0 Å². The van der Waals surface area contributed by atoms with Crippen molar-refractivity contribution in [2.45, 2.75) is 91.9 Å². The van der Waals surface area contributed by atoms with Crippen LogP contribution in [0.5, 0.6) is 11.5 Å². The van der Waals surface area contributed by atoms with Gasteiger partial charge in [-0.15, -0.1) is 0 Å². The molecule has 3 N–H and O–H groups in total. The number of aliphatic hydroxyl groups is 1. The van der Waals surface area contributed by atoms with Crippen LogP contribution >= 0.6 is 0 Å². The van der Waals surface area contributed by atoms with Crippen molar-refractivity contribution < 1.29 is 29.7 Å². The van der Waals surface area contributed by atoms with E-state index in [1.54, 1.807) is 12.1 Å². The Bertz CT molecular complexity index is 1790. The van der Waals surface area contributed by atoms with E-state index < -0.39 is 10.8 Å². The molecule has 6 heteroatoms. The lowest BCUT2D eigenvalue weighted by molar-refractivity contribution is -0.113. The number of hydrogen-bond acceptors (Lipinski definition) is 6. The lowest BCUT2D eigenvalue weighted by Gasteiger charge is -2.44. The first-order chi connectivity index (χ1) is 22.4. The Morgan fingerprint density at radius 1 is 0.688 bits per heavy atom. The van der Waals surface area contributed by atoms with Crippen molar-refractivity contribution in [1.29, 1.82) is 0 Å². The number of allylic oxidation sites excluding steroid dienone is 3. The Morgan fingerprint density at radius 3 is 1.58 bits per heavy atom. The van der Waals surface area contributed by atoms with E-state index in [0.29, 0.717) is 34.8 Å². The molecule has 0 fully saturated rings. The Balaban J connectivity index is 2.00. The number of aldehydes is 2. The maximum atomic E-state index is 13.5. The smallest absolute Gasteiger partial charge is 0.188 e. The lowest BCUT2D eigenvalue weighted by Crippen LogP contribution is -2.41. The fourth-order valence-corrected chi connectivity index (χ4v) is 7.31. The van der Waals surface area contributed by atoms with Crippen LogP contribution in [0.25, 0.3) is 0 Å². The first kappa shape index (κ1) is 36.4. The van der Waals surface area contributed by atoms with Gasteiger partial charge < -0.3 is 15.3 Å². The standard InChI is InChI=1S/C42H50O6/c1-23(2)33-17-31(15-27(20-43)38(33)46)41(8,9)29-11-13-30(14-12-29)42(10,32-16-28(21-44)39(47)34(18-32)24(3)4)37-19-35(25(5)6)40(48)36(22-45)26(37)7/h11-26,37,45-47H,1-10H3. The van der Waals surface area contributed by atoms with Gasteiger partial charge in [0.1, 0.15) is 11.5 Å². The van der Waals surface area contributed by atoms with Crippen LogP contribution in [0.15, 0.2) is 72.0 Å². The number of ketones is 1. The molecule has 3 atom stereocenters. The van der Waals surface area contributed by atoms with Crippen molar-refractivity contribution in [3.05, 3.63) is 117 Å². The molecule has 254 valence electrons. The minimum Gasteiger partial charge on any atom is -0.515 e. The summed E-state index contributed by atoms with van der Waals surface area (Å²) in [6.45, 7) is 20.0. The van der Waals surface area contributed by atoms with E-state index in [-0.39, 0.29) is 58.0 Å². The average molecular weight is 651 g/mol. The summed E-state index contributed by atoms with van der Waals surface area (Å²) < 4.78 is 0. The monoisotopic (exact) mass is 650 g/mol. The van der Waals surface area contributed by atoms with Gasteiger partial charge in [-0.3, -0.25) is 14.4 Å². The van der Waals surface area contributed by atoms with E-state index in [0.717, 1.165) is 28.5 Å². The number of phenolic OH excluding ortho intramolecular Hbond substituents is 2. The molecular weight excluding hydrogens is 600 g/mol. The molecule has 48 heavy (non-hydrogen) atoms. The van der Waals surface area contributed by atoms with E-state index >= 15 is 0 Å². The third-order valence-electron chi connectivity index (χ3n) is 10.7. The van der Waals surface area contributed by atoms with Crippen molar-refractivity contribution in [1.82, 2.24) is 0 Å². The number of benzene rings is 3. The summed E-state index contributed by atoms with van der Waals surface area (Å²) in [5.41, 5.74) is 5.11. The van der Waals surface area contributed by atoms with E-state index in [1.807, 2.05) is 66.7 Å². The Hall–Kier alpha value is -4.45. The minimum absolute atomic E-state index is 0.0141. The summed E-state index contributed by atoms with van der Waals surface area (Å²) >= 11 is 0. The molecule has 0 amide bonds. The first-order valence-electron chi connectivity index (χ1n) is 16.8. The molecule has 4 rings (SSSR count). The van der Waals surface area contributed by atoms with Gasteiger partial charge in [0.2, 0.25) is 0 Å². The first-order valence-corrected chi connectivity index (χ1v) is 16.8. The quantitative estimate of drug-likeness (QED) is 0.114.